The van der Waals surface area contributed by atoms with Crippen LogP contribution in [0.4, 0.5) is 4.79 Å². The van der Waals surface area contributed by atoms with E-state index < -0.39 is 9.84 Å². The average molecular weight is 303 g/mol. The zero-order valence-corrected chi connectivity index (χ0v) is 12.2. The van der Waals surface area contributed by atoms with Crippen LogP contribution in [-0.4, -0.2) is 62.4 Å². The molecule has 0 saturated carbocycles. The zero-order valence-electron chi connectivity index (χ0n) is 11.4. The van der Waals surface area contributed by atoms with Gasteiger partial charge in [0.15, 0.2) is 9.84 Å². The van der Waals surface area contributed by atoms with Crippen molar-refractivity contribution in [1.82, 2.24) is 15.5 Å². The third kappa shape index (κ3) is 3.62. The van der Waals surface area contributed by atoms with Gasteiger partial charge in [0.25, 0.3) is 0 Å². The standard InChI is InChI=1S/C12H21N3O4S/c16-9-13-5-3-1-2-4-6-15-11-8-20(18,19)7-10(11)14-12(15)17/h9-11H,1-8H2,(H,13,16)(H,14,17)/t10-,11-/m1/s1. The van der Waals surface area contributed by atoms with Gasteiger partial charge in [0.2, 0.25) is 6.41 Å². The van der Waals surface area contributed by atoms with Crippen LogP contribution in [0.15, 0.2) is 0 Å². The summed E-state index contributed by atoms with van der Waals surface area (Å²) in [5, 5.41) is 5.35. The Morgan fingerprint density at radius 1 is 1.25 bits per heavy atom. The van der Waals surface area contributed by atoms with Crippen LogP contribution < -0.4 is 10.6 Å². The number of amides is 3. The van der Waals surface area contributed by atoms with Crippen LogP contribution in [0, 0.1) is 0 Å². The van der Waals surface area contributed by atoms with Crippen LogP contribution in [0.2, 0.25) is 0 Å². The molecule has 0 unspecified atom stereocenters. The molecule has 2 rings (SSSR count). The van der Waals surface area contributed by atoms with Crippen molar-refractivity contribution in [2.24, 2.45) is 0 Å². The molecule has 0 radical (unpaired) electrons. The fourth-order valence-corrected chi connectivity index (χ4v) is 4.78. The highest BCUT2D eigenvalue weighted by Gasteiger charge is 2.48. The van der Waals surface area contributed by atoms with Crippen LogP contribution in [0.1, 0.15) is 25.7 Å². The maximum absolute atomic E-state index is 11.8. The lowest BCUT2D eigenvalue weighted by atomic mass is 10.1. The van der Waals surface area contributed by atoms with Gasteiger partial charge >= 0.3 is 6.03 Å². The molecule has 0 aromatic carbocycles. The fourth-order valence-electron chi connectivity index (χ4n) is 2.86. The van der Waals surface area contributed by atoms with Crippen molar-refractivity contribution in [1.29, 1.82) is 0 Å². The maximum Gasteiger partial charge on any atom is 0.318 e. The molecule has 0 aromatic heterocycles. The molecule has 2 heterocycles. The molecule has 2 saturated heterocycles. The minimum Gasteiger partial charge on any atom is -0.359 e. The predicted octanol–water partition coefficient (Wildman–Crippen LogP) is -0.516. The van der Waals surface area contributed by atoms with Crippen LogP contribution in [-0.2, 0) is 14.6 Å². The van der Waals surface area contributed by atoms with E-state index in [0.717, 1.165) is 25.7 Å². The van der Waals surface area contributed by atoms with Gasteiger partial charge in [-0.2, -0.15) is 0 Å². The van der Waals surface area contributed by atoms with E-state index in [-0.39, 0.29) is 29.6 Å². The number of hydrogen-bond donors (Lipinski definition) is 2. The third-order valence-corrected chi connectivity index (χ3v) is 5.56. The van der Waals surface area contributed by atoms with E-state index in [2.05, 4.69) is 10.6 Å². The molecule has 2 aliphatic heterocycles. The van der Waals surface area contributed by atoms with E-state index in [1.807, 2.05) is 0 Å². The Morgan fingerprint density at radius 2 is 2.00 bits per heavy atom. The minimum absolute atomic E-state index is 0.0667. The van der Waals surface area contributed by atoms with Gasteiger partial charge in [0.1, 0.15) is 0 Å². The molecule has 2 aliphatic rings. The molecule has 0 bridgehead atoms. The predicted molar refractivity (Wildman–Crippen MR) is 74.0 cm³/mol. The minimum atomic E-state index is -3.01. The number of hydrogen-bond acceptors (Lipinski definition) is 4. The lowest BCUT2D eigenvalue weighted by Gasteiger charge is -2.21. The Hall–Kier alpha value is -1.31. The van der Waals surface area contributed by atoms with Gasteiger partial charge in [-0.05, 0) is 12.8 Å². The summed E-state index contributed by atoms with van der Waals surface area (Å²) in [6, 6.07) is -0.564. The van der Waals surface area contributed by atoms with Crippen LogP contribution in [0.5, 0.6) is 0 Å². The summed E-state index contributed by atoms with van der Waals surface area (Å²) in [5.41, 5.74) is 0. The Balaban J connectivity index is 1.70. The second kappa shape index (κ2) is 6.43. The van der Waals surface area contributed by atoms with E-state index in [4.69, 9.17) is 0 Å². The van der Waals surface area contributed by atoms with Crippen LogP contribution in [0.3, 0.4) is 0 Å². The molecular formula is C12H21N3O4S. The number of urea groups is 1. The number of nitrogens with zero attached hydrogens (tertiary/aromatic N) is 1. The molecular weight excluding hydrogens is 282 g/mol. The molecule has 7 nitrogen and oxygen atoms in total. The van der Waals surface area contributed by atoms with Crippen molar-refractivity contribution in [3.63, 3.8) is 0 Å². The summed E-state index contributed by atoms with van der Waals surface area (Å²) in [7, 11) is -3.01. The van der Waals surface area contributed by atoms with E-state index >= 15 is 0 Å². The van der Waals surface area contributed by atoms with Gasteiger partial charge in [-0.25, -0.2) is 13.2 Å². The second-order valence-corrected chi connectivity index (χ2v) is 7.53. The Labute approximate surface area is 119 Å². The third-order valence-electron chi connectivity index (χ3n) is 3.85. The molecule has 2 atom stereocenters. The molecule has 2 N–H and O–H groups in total. The Bertz CT molecular complexity index is 465. The summed E-state index contributed by atoms with van der Waals surface area (Å²) in [4.78, 5) is 23.5. The first-order chi connectivity index (χ1) is 9.53. The van der Waals surface area contributed by atoms with Gasteiger partial charge in [-0.15, -0.1) is 0 Å². The van der Waals surface area contributed by atoms with Crippen LogP contribution in [0.25, 0.3) is 0 Å². The molecule has 20 heavy (non-hydrogen) atoms. The molecule has 8 heteroatoms. The lowest BCUT2D eigenvalue weighted by Crippen LogP contribution is -2.37. The van der Waals surface area contributed by atoms with Crippen molar-refractivity contribution in [3.05, 3.63) is 0 Å². The topological polar surface area (TPSA) is 95.6 Å². The van der Waals surface area contributed by atoms with E-state index in [0.29, 0.717) is 19.5 Å². The number of fused-ring (bicyclic) bond motifs is 1. The SMILES string of the molecule is O=CNCCCCCCN1C(=O)N[C@@H]2CS(=O)(=O)C[C@H]21. The van der Waals surface area contributed by atoms with Gasteiger partial charge < -0.3 is 15.5 Å². The Morgan fingerprint density at radius 3 is 2.75 bits per heavy atom. The smallest absolute Gasteiger partial charge is 0.318 e. The van der Waals surface area contributed by atoms with Gasteiger partial charge in [0.05, 0.1) is 23.6 Å². The number of rotatable bonds is 8. The second-order valence-electron chi connectivity index (χ2n) is 5.38. The number of nitrogens with one attached hydrogen (secondary N) is 2. The first-order valence-electron chi connectivity index (χ1n) is 6.98. The van der Waals surface area contributed by atoms with Gasteiger partial charge in [-0.3, -0.25) is 4.79 Å². The number of unbranched alkanes of at least 4 members (excludes halogenated alkanes) is 3. The number of sulfone groups is 1. The fraction of sp³-hybridized carbons (Fsp3) is 0.833. The largest absolute Gasteiger partial charge is 0.359 e. The molecule has 0 aliphatic carbocycles. The van der Waals surface area contributed by atoms with Crippen molar-refractivity contribution in [2.75, 3.05) is 24.6 Å². The first-order valence-corrected chi connectivity index (χ1v) is 8.80. The van der Waals surface area contributed by atoms with Gasteiger partial charge in [-0.1, -0.05) is 12.8 Å². The molecule has 3 amide bonds. The molecule has 0 aromatic rings. The number of carbonyl (C=O) groups excluding carboxylic acids is 2. The highest BCUT2D eigenvalue weighted by molar-refractivity contribution is 7.91. The van der Waals surface area contributed by atoms with Crippen LogP contribution >= 0.6 is 0 Å². The highest BCUT2D eigenvalue weighted by Crippen LogP contribution is 2.24. The van der Waals surface area contributed by atoms with Crippen molar-refractivity contribution >= 4 is 22.3 Å². The van der Waals surface area contributed by atoms with E-state index in [9.17, 15) is 18.0 Å². The van der Waals surface area contributed by atoms with Gasteiger partial charge in [0, 0.05) is 13.1 Å². The summed E-state index contributed by atoms with van der Waals surface area (Å²) in [5.74, 6) is 0.150. The van der Waals surface area contributed by atoms with E-state index in [1.165, 1.54) is 0 Å². The molecule has 114 valence electrons. The maximum atomic E-state index is 11.8. The monoisotopic (exact) mass is 303 g/mol. The molecule has 2 fully saturated rings. The highest BCUT2D eigenvalue weighted by atomic mass is 32.2. The van der Waals surface area contributed by atoms with E-state index in [1.54, 1.807) is 4.90 Å². The first kappa shape index (κ1) is 15.1. The zero-order chi connectivity index (χ0) is 14.6. The molecule has 0 spiro atoms. The quantitative estimate of drug-likeness (QED) is 0.358. The summed E-state index contributed by atoms with van der Waals surface area (Å²) in [6.45, 7) is 1.28. The van der Waals surface area contributed by atoms with Crippen molar-refractivity contribution < 1.29 is 18.0 Å². The lowest BCUT2D eigenvalue weighted by molar-refractivity contribution is -0.109. The van der Waals surface area contributed by atoms with Crippen molar-refractivity contribution in [2.45, 2.75) is 37.8 Å². The summed E-state index contributed by atoms with van der Waals surface area (Å²) < 4.78 is 23.1. The average Bonchev–Trinajstić information content (AvgIpc) is 2.80. The van der Waals surface area contributed by atoms with Crippen molar-refractivity contribution in [3.8, 4) is 0 Å². The summed E-state index contributed by atoms with van der Waals surface area (Å²) in [6.07, 6.45) is 4.43. The number of carbonyl (C=O) groups is 2. The Kier molecular flexibility index (Phi) is 4.85. The summed E-state index contributed by atoms with van der Waals surface area (Å²) >= 11 is 0. The normalized spacial score (nSPS) is 27.2.